The zero-order chi connectivity index (χ0) is 13.1. The maximum absolute atomic E-state index is 11.9. The number of hydrogen-bond donors (Lipinski definition) is 2. The quantitative estimate of drug-likeness (QED) is 0.834. The highest BCUT2D eigenvalue weighted by atomic mass is 32.2. The second-order valence-corrected chi connectivity index (χ2v) is 6.42. The Morgan fingerprint density at radius 2 is 1.88 bits per heavy atom. The van der Waals surface area contributed by atoms with Crippen molar-refractivity contribution in [3.63, 3.8) is 0 Å². The van der Waals surface area contributed by atoms with Crippen LogP contribution in [0.1, 0.15) is 31.0 Å². The van der Waals surface area contributed by atoms with Crippen LogP contribution in [0.5, 0.6) is 0 Å². The third kappa shape index (κ3) is 3.52. The summed E-state index contributed by atoms with van der Waals surface area (Å²) in [5.74, 6) is 0. The highest BCUT2D eigenvalue weighted by Crippen LogP contribution is 2.18. The fourth-order valence-electron chi connectivity index (χ4n) is 1.63. The lowest BCUT2D eigenvalue weighted by Gasteiger charge is -2.19. The molecule has 0 fully saturated rings. The first-order chi connectivity index (χ1) is 7.88. The molecule has 1 rings (SSSR count). The van der Waals surface area contributed by atoms with Gasteiger partial charge in [-0.15, -0.1) is 0 Å². The van der Waals surface area contributed by atoms with Crippen molar-refractivity contribution in [3.05, 3.63) is 35.4 Å². The average Bonchev–Trinajstić information content (AvgIpc) is 2.27. The number of benzene rings is 1. The molecule has 1 aromatic rings. The Morgan fingerprint density at radius 3 is 2.41 bits per heavy atom. The maximum atomic E-state index is 11.9. The minimum atomic E-state index is -3.35. The van der Waals surface area contributed by atoms with Gasteiger partial charge < -0.3 is 5.73 Å². The van der Waals surface area contributed by atoms with Crippen LogP contribution >= 0.6 is 0 Å². The van der Waals surface area contributed by atoms with Crippen LogP contribution in [0.4, 0.5) is 0 Å². The summed E-state index contributed by atoms with van der Waals surface area (Å²) in [6, 6.07) is 7.49. The van der Waals surface area contributed by atoms with E-state index in [1.807, 2.05) is 38.1 Å². The molecule has 0 aliphatic carbocycles. The fraction of sp³-hybridized carbons (Fsp3) is 0.500. The summed E-state index contributed by atoms with van der Waals surface area (Å²) in [4.78, 5) is 0. The van der Waals surface area contributed by atoms with Crippen LogP contribution in [0, 0.1) is 6.92 Å². The Bertz CT molecular complexity index is 471. The van der Waals surface area contributed by atoms with Gasteiger partial charge in [-0.1, -0.05) is 24.3 Å². The lowest BCUT2D eigenvalue weighted by atomic mass is 10.0. The van der Waals surface area contributed by atoms with E-state index in [0.29, 0.717) is 0 Å². The third-order valence-corrected chi connectivity index (χ3v) is 4.79. The van der Waals surface area contributed by atoms with E-state index >= 15 is 0 Å². The van der Waals surface area contributed by atoms with Crippen molar-refractivity contribution in [1.82, 2.24) is 4.72 Å². The van der Waals surface area contributed by atoms with E-state index in [9.17, 15) is 8.42 Å². The topological polar surface area (TPSA) is 72.2 Å². The molecule has 17 heavy (non-hydrogen) atoms. The molecular weight excluding hydrogens is 236 g/mol. The predicted octanol–water partition coefficient (Wildman–Crippen LogP) is 1.32. The molecule has 0 aliphatic rings. The van der Waals surface area contributed by atoms with Crippen LogP contribution < -0.4 is 10.5 Å². The minimum Gasteiger partial charge on any atom is -0.329 e. The molecule has 0 saturated heterocycles. The molecule has 2 unspecified atom stereocenters. The first-order valence-electron chi connectivity index (χ1n) is 5.65. The molecule has 4 nitrogen and oxygen atoms in total. The van der Waals surface area contributed by atoms with Crippen molar-refractivity contribution in [2.45, 2.75) is 32.1 Å². The van der Waals surface area contributed by atoms with Crippen LogP contribution in [-0.2, 0) is 10.0 Å². The molecule has 5 heteroatoms. The molecule has 0 saturated carbocycles. The van der Waals surface area contributed by atoms with Gasteiger partial charge in [-0.3, -0.25) is 0 Å². The number of rotatable bonds is 5. The van der Waals surface area contributed by atoms with Crippen molar-refractivity contribution >= 4 is 10.0 Å². The summed E-state index contributed by atoms with van der Waals surface area (Å²) in [6.07, 6.45) is 0. The van der Waals surface area contributed by atoms with E-state index in [4.69, 9.17) is 5.73 Å². The molecule has 0 bridgehead atoms. The van der Waals surface area contributed by atoms with Crippen LogP contribution in [-0.4, -0.2) is 20.2 Å². The number of nitrogens with two attached hydrogens (primary N) is 1. The van der Waals surface area contributed by atoms with Crippen LogP contribution in [0.25, 0.3) is 0 Å². The standard InChI is InChI=1S/C12H20N2O2S/c1-9-6-4-5-7-12(9)11(3)14-17(15,16)10(2)8-13/h4-7,10-11,14H,8,13H2,1-3H3. The summed E-state index contributed by atoms with van der Waals surface area (Å²) >= 11 is 0. The highest BCUT2D eigenvalue weighted by Gasteiger charge is 2.22. The van der Waals surface area contributed by atoms with E-state index in [-0.39, 0.29) is 12.6 Å². The molecule has 2 atom stereocenters. The largest absolute Gasteiger partial charge is 0.329 e. The van der Waals surface area contributed by atoms with Crippen molar-refractivity contribution in [2.24, 2.45) is 5.73 Å². The molecular formula is C12H20N2O2S. The second-order valence-electron chi connectivity index (χ2n) is 4.29. The molecule has 0 aliphatic heterocycles. The zero-order valence-corrected chi connectivity index (χ0v) is 11.3. The van der Waals surface area contributed by atoms with Gasteiger partial charge in [-0.2, -0.15) is 0 Å². The molecule has 0 spiro atoms. The fourth-order valence-corrected chi connectivity index (χ4v) is 2.73. The Balaban J connectivity index is 2.87. The third-order valence-electron chi connectivity index (χ3n) is 2.86. The number of aryl methyl sites for hydroxylation is 1. The number of hydrogen-bond acceptors (Lipinski definition) is 3. The lowest BCUT2D eigenvalue weighted by Crippen LogP contribution is -2.38. The summed E-state index contributed by atoms with van der Waals surface area (Å²) in [5.41, 5.74) is 7.44. The Hall–Kier alpha value is -0.910. The SMILES string of the molecule is Cc1ccccc1C(C)NS(=O)(=O)C(C)CN. The van der Waals surface area contributed by atoms with Crippen molar-refractivity contribution in [2.75, 3.05) is 6.54 Å². The normalized spacial score (nSPS) is 15.5. The minimum absolute atomic E-state index is 0.121. The van der Waals surface area contributed by atoms with Crippen LogP contribution in [0.15, 0.2) is 24.3 Å². The van der Waals surface area contributed by atoms with Gasteiger partial charge in [0.25, 0.3) is 0 Å². The average molecular weight is 256 g/mol. The number of nitrogens with one attached hydrogen (secondary N) is 1. The predicted molar refractivity (Wildman–Crippen MR) is 70.2 cm³/mol. The second kappa shape index (κ2) is 5.62. The van der Waals surface area contributed by atoms with E-state index in [1.54, 1.807) is 6.92 Å². The van der Waals surface area contributed by atoms with E-state index < -0.39 is 15.3 Å². The molecule has 0 aromatic heterocycles. The molecule has 1 aromatic carbocycles. The Morgan fingerprint density at radius 1 is 1.29 bits per heavy atom. The first kappa shape index (κ1) is 14.2. The van der Waals surface area contributed by atoms with Crippen LogP contribution in [0.2, 0.25) is 0 Å². The van der Waals surface area contributed by atoms with Gasteiger partial charge in [0, 0.05) is 12.6 Å². The molecule has 96 valence electrons. The van der Waals surface area contributed by atoms with Gasteiger partial charge in [0.15, 0.2) is 0 Å². The first-order valence-corrected chi connectivity index (χ1v) is 7.20. The van der Waals surface area contributed by atoms with Gasteiger partial charge in [0.1, 0.15) is 0 Å². The number of sulfonamides is 1. The summed E-state index contributed by atoms with van der Waals surface area (Å²) in [7, 11) is -3.35. The maximum Gasteiger partial charge on any atom is 0.216 e. The van der Waals surface area contributed by atoms with Crippen molar-refractivity contribution in [1.29, 1.82) is 0 Å². The van der Waals surface area contributed by atoms with Gasteiger partial charge in [0.2, 0.25) is 10.0 Å². The van der Waals surface area contributed by atoms with E-state index in [0.717, 1.165) is 11.1 Å². The highest BCUT2D eigenvalue weighted by molar-refractivity contribution is 7.90. The summed E-state index contributed by atoms with van der Waals surface area (Å²) in [6.45, 7) is 5.53. The van der Waals surface area contributed by atoms with Gasteiger partial charge in [-0.25, -0.2) is 13.1 Å². The zero-order valence-electron chi connectivity index (χ0n) is 10.5. The Kier molecular flexibility index (Phi) is 4.68. The lowest BCUT2D eigenvalue weighted by molar-refractivity contribution is 0.554. The van der Waals surface area contributed by atoms with Gasteiger partial charge in [0.05, 0.1) is 5.25 Å². The van der Waals surface area contributed by atoms with E-state index in [2.05, 4.69) is 4.72 Å². The Labute approximate surface area is 103 Å². The van der Waals surface area contributed by atoms with Gasteiger partial charge >= 0.3 is 0 Å². The van der Waals surface area contributed by atoms with Gasteiger partial charge in [-0.05, 0) is 31.9 Å². The molecule has 0 radical (unpaired) electrons. The summed E-state index contributed by atoms with van der Waals surface area (Å²) in [5, 5.41) is -0.575. The van der Waals surface area contributed by atoms with Crippen LogP contribution in [0.3, 0.4) is 0 Å². The molecule has 3 N–H and O–H groups in total. The van der Waals surface area contributed by atoms with Crippen molar-refractivity contribution in [3.8, 4) is 0 Å². The summed E-state index contributed by atoms with van der Waals surface area (Å²) < 4.78 is 26.4. The van der Waals surface area contributed by atoms with E-state index in [1.165, 1.54) is 0 Å². The van der Waals surface area contributed by atoms with Crippen molar-refractivity contribution < 1.29 is 8.42 Å². The molecule has 0 heterocycles. The molecule has 0 amide bonds. The smallest absolute Gasteiger partial charge is 0.216 e. The monoisotopic (exact) mass is 256 g/mol.